The topological polar surface area (TPSA) is 17.1 Å². The van der Waals surface area contributed by atoms with Crippen LogP contribution in [0.1, 0.15) is 24.8 Å². The molecule has 0 spiro atoms. The number of hydrogen-bond donors (Lipinski definition) is 0. The first-order chi connectivity index (χ1) is 9.81. The van der Waals surface area contributed by atoms with Crippen LogP contribution >= 0.6 is 0 Å². The van der Waals surface area contributed by atoms with Crippen molar-refractivity contribution in [2.24, 2.45) is 0 Å². The van der Waals surface area contributed by atoms with Crippen molar-refractivity contribution in [3.05, 3.63) is 66.2 Å². The third-order valence-corrected chi connectivity index (χ3v) is 6.70. The Labute approximate surface area is 126 Å². The summed E-state index contributed by atoms with van der Waals surface area (Å²) in [5.74, 6) is 0.446. The number of carbonyl (C=O) groups is 1. The summed E-state index contributed by atoms with van der Waals surface area (Å²) in [5, 5.41) is 0.993. The monoisotopic (exact) mass is 330 g/mol. The Morgan fingerprint density at radius 2 is 1.60 bits per heavy atom. The molecule has 0 aromatic heterocycles. The van der Waals surface area contributed by atoms with Gasteiger partial charge >= 0.3 is 126 Å². The first-order valence-corrected chi connectivity index (χ1v) is 9.15. The van der Waals surface area contributed by atoms with E-state index in [1.165, 1.54) is 10.0 Å². The Bertz CT molecular complexity index is 579. The van der Waals surface area contributed by atoms with Crippen molar-refractivity contribution in [2.75, 3.05) is 0 Å². The van der Waals surface area contributed by atoms with Crippen LogP contribution in [0.25, 0.3) is 0 Å². The molecular formula is C18H18OSe. The fraction of sp³-hybridized carbons (Fsp3) is 0.278. The van der Waals surface area contributed by atoms with E-state index in [-0.39, 0.29) is 5.41 Å². The molecule has 1 atom stereocenters. The Kier molecular flexibility index (Phi) is 4.05. The second-order valence-corrected chi connectivity index (χ2v) is 7.53. The predicted molar refractivity (Wildman–Crippen MR) is 83.6 cm³/mol. The standard InChI is InChI=1S/C18H18OSe/c19-17-12-7-13-18(17,15-8-3-1-4-9-15)14-20-16-10-5-2-6-11-16/h1-6,8-11H,7,12-14H2. The Morgan fingerprint density at radius 1 is 0.950 bits per heavy atom. The van der Waals surface area contributed by atoms with Gasteiger partial charge in [0.05, 0.1) is 0 Å². The SMILES string of the molecule is O=C1CCCC1(C[Se]c1ccccc1)c1ccccc1. The number of rotatable bonds is 4. The van der Waals surface area contributed by atoms with Crippen molar-refractivity contribution >= 4 is 25.2 Å². The molecule has 0 radical (unpaired) electrons. The minimum atomic E-state index is -0.211. The van der Waals surface area contributed by atoms with Crippen molar-refractivity contribution in [1.82, 2.24) is 0 Å². The van der Waals surface area contributed by atoms with Crippen LogP contribution in [0.3, 0.4) is 0 Å². The van der Waals surface area contributed by atoms with Gasteiger partial charge in [-0.15, -0.1) is 0 Å². The van der Waals surface area contributed by atoms with E-state index < -0.39 is 0 Å². The number of hydrogen-bond acceptors (Lipinski definition) is 1. The first kappa shape index (κ1) is 13.6. The summed E-state index contributed by atoms with van der Waals surface area (Å²) in [5.41, 5.74) is 1.01. The zero-order chi connectivity index (χ0) is 13.8. The summed E-state index contributed by atoms with van der Waals surface area (Å²) in [7, 11) is 0. The summed E-state index contributed by atoms with van der Waals surface area (Å²) < 4.78 is 1.38. The third-order valence-electron chi connectivity index (χ3n) is 4.10. The summed E-state index contributed by atoms with van der Waals surface area (Å²) in [6.07, 6.45) is 2.81. The van der Waals surface area contributed by atoms with Gasteiger partial charge in [-0.25, -0.2) is 0 Å². The van der Waals surface area contributed by atoms with Gasteiger partial charge in [-0.3, -0.25) is 0 Å². The van der Waals surface area contributed by atoms with Gasteiger partial charge in [-0.05, 0) is 0 Å². The van der Waals surface area contributed by atoms with Crippen LogP contribution < -0.4 is 4.46 Å². The molecule has 1 aliphatic rings. The molecule has 0 aliphatic heterocycles. The molecule has 1 aliphatic carbocycles. The molecule has 0 saturated heterocycles. The van der Waals surface area contributed by atoms with Gasteiger partial charge in [0.15, 0.2) is 0 Å². The van der Waals surface area contributed by atoms with Crippen LogP contribution in [0, 0.1) is 0 Å². The van der Waals surface area contributed by atoms with E-state index in [0.29, 0.717) is 20.7 Å². The summed E-state index contributed by atoms with van der Waals surface area (Å²) in [6, 6.07) is 21.0. The Hall–Kier alpha value is -1.37. The van der Waals surface area contributed by atoms with Crippen molar-refractivity contribution in [3.8, 4) is 0 Å². The second kappa shape index (κ2) is 5.95. The molecule has 1 unspecified atom stereocenters. The molecule has 0 amide bonds. The fourth-order valence-electron chi connectivity index (χ4n) is 2.95. The van der Waals surface area contributed by atoms with E-state index in [1.807, 2.05) is 12.1 Å². The van der Waals surface area contributed by atoms with Crippen LogP contribution in [-0.2, 0) is 10.2 Å². The van der Waals surface area contributed by atoms with Gasteiger partial charge in [0.1, 0.15) is 0 Å². The van der Waals surface area contributed by atoms with Gasteiger partial charge in [-0.1, -0.05) is 0 Å². The fourth-order valence-corrected chi connectivity index (χ4v) is 5.54. The van der Waals surface area contributed by atoms with E-state index >= 15 is 0 Å². The van der Waals surface area contributed by atoms with E-state index in [2.05, 4.69) is 48.5 Å². The predicted octanol–water partition coefficient (Wildman–Crippen LogP) is 3.13. The summed E-state index contributed by atoms with van der Waals surface area (Å²) in [6.45, 7) is 0. The zero-order valence-corrected chi connectivity index (χ0v) is 13.1. The van der Waals surface area contributed by atoms with Gasteiger partial charge < -0.3 is 0 Å². The van der Waals surface area contributed by atoms with E-state index in [4.69, 9.17) is 0 Å². The third kappa shape index (κ3) is 2.59. The van der Waals surface area contributed by atoms with E-state index in [9.17, 15) is 4.79 Å². The molecule has 1 nitrogen and oxygen atoms in total. The van der Waals surface area contributed by atoms with Gasteiger partial charge in [0, 0.05) is 0 Å². The maximum absolute atomic E-state index is 12.5. The molecule has 2 aromatic carbocycles. The van der Waals surface area contributed by atoms with Crippen molar-refractivity contribution < 1.29 is 4.79 Å². The van der Waals surface area contributed by atoms with Crippen LogP contribution in [0.2, 0.25) is 5.32 Å². The Balaban J connectivity index is 1.86. The molecule has 1 fully saturated rings. The molecule has 0 heterocycles. The molecule has 2 heteroatoms. The molecule has 20 heavy (non-hydrogen) atoms. The van der Waals surface area contributed by atoms with Gasteiger partial charge in [0.25, 0.3) is 0 Å². The number of Topliss-reactive ketones (excluding diaryl/α,β-unsaturated/α-hetero) is 1. The van der Waals surface area contributed by atoms with Crippen LogP contribution in [0.4, 0.5) is 0 Å². The average molecular weight is 329 g/mol. The van der Waals surface area contributed by atoms with Gasteiger partial charge in [-0.2, -0.15) is 0 Å². The molecule has 0 N–H and O–H groups in total. The Morgan fingerprint density at radius 3 is 2.20 bits per heavy atom. The molecule has 102 valence electrons. The van der Waals surface area contributed by atoms with Crippen molar-refractivity contribution in [3.63, 3.8) is 0 Å². The minimum absolute atomic E-state index is 0.211. The number of ketones is 1. The van der Waals surface area contributed by atoms with Crippen LogP contribution in [0.15, 0.2) is 60.7 Å². The van der Waals surface area contributed by atoms with Crippen LogP contribution in [0.5, 0.6) is 0 Å². The molecule has 2 aromatic rings. The number of benzene rings is 2. The van der Waals surface area contributed by atoms with Crippen molar-refractivity contribution in [2.45, 2.75) is 30.0 Å². The van der Waals surface area contributed by atoms with Crippen LogP contribution in [-0.4, -0.2) is 20.7 Å². The maximum atomic E-state index is 12.5. The molecular weight excluding hydrogens is 311 g/mol. The molecule has 3 rings (SSSR count). The molecule has 0 bridgehead atoms. The molecule has 1 saturated carbocycles. The first-order valence-electron chi connectivity index (χ1n) is 7.08. The summed E-state index contributed by atoms with van der Waals surface area (Å²) in [4.78, 5) is 12.5. The second-order valence-electron chi connectivity index (χ2n) is 5.33. The van der Waals surface area contributed by atoms with Gasteiger partial charge in [0.2, 0.25) is 0 Å². The zero-order valence-electron chi connectivity index (χ0n) is 11.4. The van der Waals surface area contributed by atoms with E-state index in [1.54, 1.807) is 0 Å². The normalized spacial score (nSPS) is 22.1. The number of carbonyl (C=O) groups excluding carboxylic acids is 1. The van der Waals surface area contributed by atoms with Crippen molar-refractivity contribution in [1.29, 1.82) is 0 Å². The quantitative estimate of drug-likeness (QED) is 0.788. The average Bonchev–Trinajstić information content (AvgIpc) is 2.89. The van der Waals surface area contributed by atoms with E-state index in [0.717, 1.165) is 24.6 Å². The summed E-state index contributed by atoms with van der Waals surface area (Å²) >= 11 is 0.358.